The minimum absolute atomic E-state index is 0.0411. The number of hydrogen-bond donors (Lipinski definition) is 2. The first-order valence-corrected chi connectivity index (χ1v) is 10.8. The average Bonchev–Trinajstić information content (AvgIpc) is 3.27. The minimum atomic E-state index is -0.445. The Hall–Kier alpha value is -3.33. The quantitative estimate of drug-likeness (QED) is 0.496. The van der Waals surface area contributed by atoms with Gasteiger partial charge in [0.05, 0.1) is 10.9 Å². The highest BCUT2D eigenvalue weighted by Gasteiger charge is 2.23. The lowest BCUT2D eigenvalue weighted by Crippen LogP contribution is -2.35. The molecule has 4 heterocycles. The maximum absolute atomic E-state index is 13.2. The van der Waals surface area contributed by atoms with E-state index in [2.05, 4.69) is 10.3 Å². The lowest BCUT2D eigenvalue weighted by Gasteiger charge is -2.26. The van der Waals surface area contributed by atoms with Crippen molar-refractivity contribution in [3.05, 3.63) is 63.4 Å². The Kier molecular flexibility index (Phi) is 4.66. The maximum Gasteiger partial charge on any atom is 0.267 e. The third-order valence-corrected chi connectivity index (χ3v) is 6.29. The number of nitrogens with one attached hydrogen (secondary N) is 2. The highest BCUT2D eigenvalue weighted by Crippen LogP contribution is 2.29. The van der Waals surface area contributed by atoms with Crippen LogP contribution in [0.15, 0.2) is 46.8 Å². The zero-order valence-corrected chi connectivity index (χ0v) is 17.0. The van der Waals surface area contributed by atoms with Gasteiger partial charge in [-0.25, -0.2) is 9.97 Å². The third-order valence-electron chi connectivity index (χ3n) is 5.60. The van der Waals surface area contributed by atoms with E-state index in [1.165, 1.54) is 21.8 Å². The van der Waals surface area contributed by atoms with Crippen LogP contribution in [0, 0.1) is 5.41 Å². The molecule has 152 valence electrons. The van der Waals surface area contributed by atoms with Crippen LogP contribution in [0.25, 0.3) is 16.7 Å². The zero-order valence-electron chi connectivity index (χ0n) is 16.2. The molecular formula is C21H20N6O2S. The van der Waals surface area contributed by atoms with Gasteiger partial charge in [0, 0.05) is 23.8 Å². The van der Waals surface area contributed by atoms with Gasteiger partial charge in [-0.2, -0.15) is 0 Å². The van der Waals surface area contributed by atoms with Crippen molar-refractivity contribution in [2.24, 2.45) is 0 Å². The van der Waals surface area contributed by atoms with Crippen LogP contribution in [0.4, 0.5) is 5.13 Å². The molecule has 5 rings (SSSR count). The largest absolute Gasteiger partial charge is 0.307 e. The van der Waals surface area contributed by atoms with E-state index in [-0.39, 0.29) is 22.7 Å². The molecule has 8 nitrogen and oxygen atoms in total. The van der Waals surface area contributed by atoms with Crippen LogP contribution in [0.2, 0.25) is 0 Å². The Morgan fingerprint density at radius 1 is 1.23 bits per heavy atom. The molecule has 0 bridgehead atoms. The number of carbonyl (C=O) groups excluding carboxylic acids is 1. The second-order valence-electron chi connectivity index (χ2n) is 7.44. The predicted octanol–water partition coefficient (Wildman–Crippen LogP) is 3.34. The summed E-state index contributed by atoms with van der Waals surface area (Å²) in [5.74, 6) is -0.445. The van der Waals surface area contributed by atoms with Gasteiger partial charge in [-0.15, -0.1) is 11.3 Å². The summed E-state index contributed by atoms with van der Waals surface area (Å²) in [5.41, 5.74) is 0.977. The molecule has 0 saturated heterocycles. The molecule has 1 fully saturated rings. The Bertz CT molecular complexity index is 1370. The van der Waals surface area contributed by atoms with Crippen molar-refractivity contribution < 1.29 is 4.79 Å². The van der Waals surface area contributed by atoms with Gasteiger partial charge in [0.1, 0.15) is 16.8 Å². The predicted molar refractivity (Wildman–Crippen MR) is 115 cm³/mol. The molecule has 0 atom stereocenters. The molecule has 0 spiro atoms. The normalized spacial score (nSPS) is 14.9. The van der Waals surface area contributed by atoms with Crippen molar-refractivity contribution in [3.63, 3.8) is 0 Å². The van der Waals surface area contributed by atoms with E-state index in [9.17, 15) is 9.59 Å². The van der Waals surface area contributed by atoms with Crippen molar-refractivity contribution in [1.82, 2.24) is 18.9 Å². The van der Waals surface area contributed by atoms with Crippen LogP contribution in [0.3, 0.4) is 0 Å². The fourth-order valence-electron chi connectivity index (χ4n) is 4.17. The second-order valence-corrected chi connectivity index (χ2v) is 8.34. The Morgan fingerprint density at radius 3 is 2.83 bits per heavy atom. The molecule has 1 amide bonds. The first-order chi connectivity index (χ1) is 14.6. The molecule has 0 radical (unpaired) electrons. The van der Waals surface area contributed by atoms with Gasteiger partial charge in [0.2, 0.25) is 0 Å². The van der Waals surface area contributed by atoms with Crippen LogP contribution in [-0.2, 0) is 0 Å². The highest BCUT2D eigenvalue weighted by atomic mass is 32.1. The summed E-state index contributed by atoms with van der Waals surface area (Å²) in [6, 6.07) is 6.91. The molecule has 0 unspecified atom stereocenters. The lowest BCUT2D eigenvalue weighted by molar-refractivity contribution is 0.102. The first-order valence-electron chi connectivity index (χ1n) is 9.95. The molecule has 4 aromatic heterocycles. The lowest BCUT2D eigenvalue weighted by atomic mass is 9.94. The van der Waals surface area contributed by atoms with Gasteiger partial charge in [-0.1, -0.05) is 25.3 Å². The van der Waals surface area contributed by atoms with Crippen molar-refractivity contribution in [2.75, 3.05) is 5.32 Å². The van der Waals surface area contributed by atoms with Crippen molar-refractivity contribution in [2.45, 2.75) is 38.1 Å². The van der Waals surface area contributed by atoms with E-state index in [1.807, 2.05) is 6.07 Å². The fourth-order valence-corrected chi connectivity index (χ4v) is 4.69. The van der Waals surface area contributed by atoms with E-state index in [4.69, 9.17) is 10.4 Å². The zero-order chi connectivity index (χ0) is 20.7. The summed E-state index contributed by atoms with van der Waals surface area (Å²) < 4.78 is 3.26. The summed E-state index contributed by atoms with van der Waals surface area (Å²) in [7, 11) is 0. The van der Waals surface area contributed by atoms with Gasteiger partial charge < -0.3 is 4.57 Å². The summed E-state index contributed by atoms with van der Waals surface area (Å²) >= 11 is 1.30. The molecule has 1 saturated carbocycles. The van der Waals surface area contributed by atoms with Crippen LogP contribution >= 0.6 is 11.3 Å². The van der Waals surface area contributed by atoms with Crippen LogP contribution in [0.1, 0.15) is 48.5 Å². The van der Waals surface area contributed by atoms with Crippen LogP contribution in [0.5, 0.6) is 0 Å². The molecule has 1 aliphatic rings. The van der Waals surface area contributed by atoms with E-state index in [0.29, 0.717) is 21.8 Å². The maximum atomic E-state index is 13.2. The SMILES string of the molecule is N=c1c(C(=O)Nc2nccs2)cc2c(=O)n3ccccc3nc2n1C1CCCCC1. The molecule has 30 heavy (non-hydrogen) atoms. The van der Waals surface area contributed by atoms with E-state index >= 15 is 0 Å². The number of hydrogen-bond acceptors (Lipinski definition) is 6. The first kappa shape index (κ1) is 18.7. The number of rotatable bonds is 3. The van der Waals surface area contributed by atoms with Crippen molar-refractivity contribution >= 4 is 39.1 Å². The number of anilines is 1. The summed E-state index contributed by atoms with van der Waals surface area (Å²) in [6.45, 7) is 0. The van der Waals surface area contributed by atoms with Gasteiger partial charge in [-0.3, -0.25) is 24.7 Å². The Morgan fingerprint density at radius 2 is 2.07 bits per heavy atom. The third kappa shape index (κ3) is 3.11. The van der Waals surface area contributed by atoms with Gasteiger partial charge in [0.15, 0.2) is 5.13 Å². The monoisotopic (exact) mass is 420 g/mol. The summed E-state index contributed by atoms with van der Waals surface area (Å²) in [5, 5.41) is 14.1. The number of thiazole rings is 1. The average molecular weight is 420 g/mol. The van der Waals surface area contributed by atoms with Gasteiger partial charge in [0.25, 0.3) is 11.5 Å². The molecule has 1 aliphatic carbocycles. The number of fused-ring (bicyclic) bond motifs is 2. The number of amides is 1. The fraction of sp³-hybridized carbons (Fsp3) is 0.286. The molecular weight excluding hydrogens is 400 g/mol. The number of aromatic nitrogens is 4. The highest BCUT2D eigenvalue weighted by molar-refractivity contribution is 7.13. The Labute approximate surface area is 175 Å². The van der Waals surface area contributed by atoms with Gasteiger partial charge in [-0.05, 0) is 31.0 Å². The summed E-state index contributed by atoms with van der Waals surface area (Å²) in [6.07, 6.45) is 8.34. The standard InChI is InChI=1S/C21H20N6O2S/c22-17-14(19(28)25-21-23-9-11-30-21)12-15-18(27(17)13-6-2-1-3-7-13)24-16-8-4-5-10-26(16)20(15)29/h4-5,8-13,22H,1-3,6-7H2,(H,23,25,28). The Balaban J connectivity index is 1.78. The molecule has 0 aromatic carbocycles. The second kappa shape index (κ2) is 7.49. The number of carbonyl (C=O) groups is 1. The van der Waals surface area contributed by atoms with E-state index in [1.54, 1.807) is 34.5 Å². The number of nitrogens with zero attached hydrogens (tertiary/aromatic N) is 4. The van der Waals surface area contributed by atoms with Crippen molar-refractivity contribution in [3.8, 4) is 0 Å². The molecule has 4 aromatic rings. The molecule has 9 heteroatoms. The van der Waals surface area contributed by atoms with Crippen molar-refractivity contribution in [1.29, 1.82) is 5.41 Å². The minimum Gasteiger partial charge on any atom is -0.307 e. The van der Waals surface area contributed by atoms with Gasteiger partial charge >= 0.3 is 0 Å². The van der Waals surface area contributed by atoms with E-state index in [0.717, 1.165) is 32.1 Å². The molecule has 2 N–H and O–H groups in total. The topological polar surface area (TPSA) is 105 Å². The molecule has 0 aliphatic heterocycles. The smallest absolute Gasteiger partial charge is 0.267 e. The van der Waals surface area contributed by atoms with E-state index < -0.39 is 5.91 Å². The number of pyridine rings is 2. The van der Waals surface area contributed by atoms with Crippen LogP contribution < -0.4 is 16.4 Å². The summed E-state index contributed by atoms with van der Waals surface area (Å²) in [4.78, 5) is 35.0. The van der Waals surface area contributed by atoms with Crippen LogP contribution in [-0.4, -0.2) is 24.8 Å².